The molecule has 0 spiro atoms. The van der Waals surface area contributed by atoms with Crippen molar-refractivity contribution in [2.45, 2.75) is 33.6 Å². The molecular weight excluding hydrogens is 257 g/mol. The van der Waals surface area contributed by atoms with E-state index in [1.54, 1.807) is 0 Å². The van der Waals surface area contributed by atoms with Crippen molar-refractivity contribution >= 4 is 5.82 Å². The minimum Gasteiger partial charge on any atom is -0.367 e. The van der Waals surface area contributed by atoms with E-state index in [9.17, 15) is 4.39 Å². The van der Waals surface area contributed by atoms with Gasteiger partial charge in [0.25, 0.3) is 0 Å². The first-order valence-electron chi connectivity index (χ1n) is 6.76. The second kappa shape index (κ2) is 5.98. The van der Waals surface area contributed by atoms with Crippen LogP contribution in [0.4, 0.5) is 10.2 Å². The number of aromatic nitrogens is 4. The average molecular weight is 277 g/mol. The molecule has 0 aliphatic carbocycles. The first-order chi connectivity index (χ1) is 9.54. The lowest BCUT2D eigenvalue weighted by molar-refractivity contribution is 0.596. The van der Waals surface area contributed by atoms with Gasteiger partial charge in [-0.15, -0.1) is 0 Å². The third kappa shape index (κ3) is 2.79. The molecule has 0 aliphatic rings. The number of aryl methyl sites for hydroxylation is 3. The van der Waals surface area contributed by atoms with Crippen LogP contribution < -0.4 is 5.32 Å². The molecule has 0 aromatic carbocycles. The molecule has 0 saturated heterocycles. The molecule has 5 nitrogen and oxygen atoms in total. The fourth-order valence-electron chi connectivity index (χ4n) is 2.26. The number of hydrogen-bond acceptors (Lipinski definition) is 4. The van der Waals surface area contributed by atoms with Crippen LogP contribution in [0.5, 0.6) is 0 Å². The van der Waals surface area contributed by atoms with E-state index in [0.717, 1.165) is 17.8 Å². The van der Waals surface area contributed by atoms with Crippen molar-refractivity contribution in [2.24, 2.45) is 7.05 Å². The molecule has 1 N–H and O–H groups in total. The van der Waals surface area contributed by atoms with E-state index in [1.165, 1.54) is 11.9 Å². The van der Waals surface area contributed by atoms with Gasteiger partial charge in [-0.3, -0.25) is 4.68 Å². The van der Waals surface area contributed by atoms with Gasteiger partial charge in [-0.1, -0.05) is 6.92 Å². The molecule has 0 unspecified atom stereocenters. The van der Waals surface area contributed by atoms with Crippen molar-refractivity contribution in [3.63, 3.8) is 0 Å². The molecule has 0 saturated carbocycles. The standard InChI is InChI=1S/C14H20FN5/c1-5-12-13(15)14(18-8-17-12)16-7-6-11-9(2)19-20(4)10(11)3/h8H,5-7H2,1-4H3,(H,16,17,18). The van der Waals surface area contributed by atoms with Gasteiger partial charge in [-0.2, -0.15) is 5.10 Å². The third-order valence-electron chi connectivity index (χ3n) is 3.52. The van der Waals surface area contributed by atoms with Gasteiger partial charge in [0.2, 0.25) is 0 Å². The Kier molecular flexibility index (Phi) is 4.32. The predicted octanol–water partition coefficient (Wildman–Crippen LogP) is 2.18. The number of rotatable bonds is 5. The van der Waals surface area contributed by atoms with Gasteiger partial charge >= 0.3 is 0 Å². The molecule has 2 aromatic rings. The van der Waals surface area contributed by atoms with Crippen LogP contribution in [-0.4, -0.2) is 26.3 Å². The summed E-state index contributed by atoms with van der Waals surface area (Å²) in [4.78, 5) is 7.87. The smallest absolute Gasteiger partial charge is 0.186 e. The Morgan fingerprint density at radius 3 is 2.65 bits per heavy atom. The monoisotopic (exact) mass is 277 g/mol. The molecule has 0 atom stereocenters. The summed E-state index contributed by atoms with van der Waals surface area (Å²) in [6.45, 7) is 6.51. The zero-order valence-corrected chi connectivity index (χ0v) is 12.4. The number of anilines is 1. The van der Waals surface area contributed by atoms with Gasteiger partial charge in [0.1, 0.15) is 6.33 Å². The summed E-state index contributed by atoms with van der Waals surface area (Å²) in [6.07, 6.45) is 2.74. The second-order valence-corrected chi connectivity index (χ2v) is 4.79. The average Bonchev–Trinajstić information content (AvgIpc) is 2.67. The Hall–Kier alpha value is -1.98. The highest BCUT2D eigenvalue weighted by Crippen LogP contribution is 2.15. The highest BCUT2D eigenvalue weighted by molar-refractivity contribution is 5.37. The van der Waals surface area contributed by atoms with Crippen molar-refractivity contribution in [3.05, 3.63) is 34.8 Å². The summed E-state index contributed by atoms with van der Waals surface area (Å²) in [5.74, 6) is -0.0781. The van der Waals surface area contributed by atoms with Crippen LogP contribution in [0.2, 0.25) is 0 Å². The van der Waals surface area contributed by atoms with Gasteiger partial charge in [0, 0.05) is 19.3 Å². The van der Waals surface area contributed by atoms with E-state index in [2.05, 4.69) is 20.4 Å². The van der Waals surface area contributed by atoms with Crippen LogP contribution in [0, 0.1) is 19.7 Å². The maximum atomic E-state index is 14.0. The minimum atomic E-state index is -0.352. The minimum absolute atomic E-state index is 0.274. The molecular formula is C14H20FN5. The van der Waals surface area contributed by atoms with Crippen molar-refractivity contribution in [1.29, 1.82) is 0 Å². The van der Waals surface area contributed by atoms with Crippen LogP contribution in [0.15, 0.2) is 6.33 Å². The Balaban J connectivity index is 2.03. The summed E-state index contributed by atoms with van der Waals surface area (Å²) in [5, 5.41) is 7.41. The van der Waals surface area contributed by atoms with Crippen molar-refractivity contribution in [2.75, 3.05) is 11.9 Å². The van der Waals surface area contributed by atoms with Crippen LogP contribution in [0.3, 0.4) is 0 Å². The van der Waals surface area contributed by atoms with E-state index in [0.29, 0.717) is 18.7 Å². The Bertz CT molecular complexity index is 606. The topological polar surface area (TPSA) is 55.6 Å². The molecule has 2 rings (SSSR count). The fraction of sp³-hybridized carbons (Fsp3) is 0.500. The van der Waals surface area contributed by atoms with Crippen molar-refractivity contribution in [1.82, 2.24) is 19.7 Å². The van der Waals surface area contributed by atoms with Crippen LogP contribution >= 0.6 is 0 Å². The van der Waals surface area contributed by atoms with Crippen LogP contribution in [0.25, 0.3) is 0 Å². The van der Waals surface area contributed by atoms with E-state index in [-0.39, 0.29) is 11.6 Å². The molecule has 6 heteroatoms. The summed E-state index contributed by atoms with van der Waals surface area (Å²) < 4.78 is 15.8. The molecule has 0 radical (unpaired) electrons. The lowest BCUT2D eigenvalue weighted by Gasteiger charge is -2.08. The molecule has 0 aliphatic heterocycles. The quantitative estimate of drug-likeness (QED) is 0.910. The SMILES string of the molecule is CCc1ncnc(NCCc2c(C)nn(C)c2C)c1F. The second-order valence-electron chi connectivity index (χ2n) is 4.79. The van der Waals surface area contributed by atoms with Crippen molar-refractivity contribution < 1.29 is 4.39 Å². The maximum Gasteiger partial charge on any atom is 0.186 e. The molecule has 2 heterocycles. The molecule has 0 fully saturated rings. The van der Waals surface area contributed by atoms with Crippen LogP contribution in [0.1, 0.15) is 29.6 Å². The zero-order valence-electron chi connectivity index (χ0n) is 12.4. The predicted molar refractivity (Wildman–Crippen MR) is 76.2 cm³/mol. The number of nitrogens with one attached hydrogen (secondary N) is 1. The summed E-state index contributed by atoms with van der Waals surface area (Å²) >= 11 is 0. The first-order valence-corrected chi connectivity index (χ1v) is 6.76. The summed E-state index contributed by atoms with van der Waals surface area (Å²) in [5.41, 5.74) is 3.80. The summed E-state index contributed by atoms with van der Waals surface area (Å²) in [7, 11) is 1.93. The molecule has 0 bridgehead atoms. The zero-order chi connectivity index (χ0) is 14.7. The molecule has 0 amide bonds. The Labute approximate surface area is 118 Å². The first kappa shape index (κ1) is 14.4. The Morgan fingerprint density at radius 2 is 2.05 bits per heavy atom. The number of hydrogen-bond donors (Lipinski definition) is 1. The van der Waals surface area contributed by atoms with Gasteiger partial charge in [-0.25, -0.2) is 14.4 Å². The van der Waals surface area contributed by atoms with E-state index in [4.69, 9.17) is 0 Å². The summed E-state index contributed by atoms with van der Waals surface area (Å²) in [6, 6.07) is 0. The molecule has 20 heavy (non-hydrogen) atoms. The van der Waals surface area contributed by atoms with Gasteiger partial charge in [-0.05, 0) is 32.3 Å². The fourth-order valence-corrected chi connectivity index (χ4v) is 2.26. The van der Waals surface area contributed by atoms with Gasteiger partial charge in [0.05, 0.1) is 11.4 Å². The van der Waals surface area contributed by atoms with Gasteiger partial charge < -0.3 is 5.32 Å². The van der Waals surface area contributed by atoms with E-state index < -0.39 is 0 Å². The molecule has 2 aromatic heterocycles. The van der Waals surface area contributed by atoms with Gasteiger partial charge in [0.15, 0.2) is 11.6 Å². The highest BCUT2D eigenvalue weighted by Gasteiger charge is 2.11. The molecule has 108 valence electrons. The van der Waals surface area contributed by atoms with E-state index in [1.807, 2.05) is 32.5 Å². The lowest BCUT2D eigenvalue weighted by Crippen LogP contribution is -2.11. The normalized spacial score (nSPS) is 10.8. The largest absolute Gasteiger partial charge is 0.367 e. The maximum absolute atomic E-state index is 14.0. The highest BCUT2D eigenvalue weighted by atomic mass is 19.1. The van der Waals surface area contributed by atoms with Crippen LogP contribution in [-0.2, 0) is 19.9 Å². The number of halogens is 1. The third-order valence-corrected chi connectivity index (χ3v) is 3.52. The Morgan fingerprint density at radius 1 is 1.30 bits per heavy atom. The van der Waals surface area contributed by atoms with Crippen molar-refractivity contribution in [3.8, 4) is 0 Å². The number of nitrogens with zero attached hydrogens (tertiary/aromatic N) is 4. The lowest BCUT2D eigenvalue weighted by atomic mass is 10.1. The van der Waals surface area contributed by atoms with E-state index >= 15 is 0 Å².